The van der Waals surface area contributed by atoms with E-state index < -0.39 is 164 Å². The summed E-state index contributed by atoms with van der Waals surface area (Å²) in [6.45, 7) is 14.6. The van der Waals surface area contributed by atoms with E-state index in [1.807, 2.05) is 6.08 Å². The molecular weight excluding hydrogens is 1000 g/mol. The molecule has 0 aromatic carbocycles. The molecule has 0 amide bonds. The number of fused-ring (bicyclic) bond motifs is 4. The van der Waals surface area contributed by atoms with E-state index in [0.717, 1.165) is 32.1 Å². The fraction of sp³-hybridized carbons (Fsp3) is 0.907. The first kappa shape index (κ1) is 58.8. The molecule has 22 nitrogen and oxygen atoms in total. The van der Waals surface area contributed by atoms with Crippen LogP contribution in [0.4, 0.5) is 0 Å². The molecule has 434 valence electrons. The number of aliphatic hydroxyl groups excluding tert-OH is 11. The van der Waals surface area contributed by atoms with E-state index in [2.05, 4.69) is 54.5 Å². The molecule has 0 bridgehead atoms. The van der Waals surface area contributed by atoms with Crippen molar-refractivity contribution >= 4 is 5.97 Å². The third-order valence-electron chi connectivity index (χ3n) is 20.1. The topological polar surface area (TPSA) is 332 Å². The lowest BCUT2D eigenvalue weighted by Crippen LogP contribution is -2.67. The number of methoxy groups -OCH3 is 1. The smallest absolute Gasteiger partial charge is 0.316 e. The highest BCUT2D eigenvalue weighted by molar-refractivity contribution is 5.84. The van der Waals surface area contributed by atoms with E-state index in [4.69, 9.17) is 47.4 Å². The van der Waals surface area contributed by atoms with E-state index in [-0.39, 0.29) is 35.7 Å². The number of rotatable bonds is 14. The normalized spacial score (nSPS) is 52.9. The van der Waals surface area contributed by atoms with Crippen LogP contribution in [-0.2, 0) is 52.2 Å². The molecule has 5 aliphatic heterocycles. The minimum Gasteiger partial charge on any atom is -0.458 e. The summed E-state index contributed by atoms with van der Waals surface area (Å²) in [5.74, 6) is -0.298. The number of hydrogen-bond donors (Lipinski definition) is 11. The van der Waals surface area contributed by atoms with Gasteiger partial charge in [-0.25, -0.2) is 0 Å². The Labute approximate surface area is 444 Å². The standard InChI is InChI=1S/C54H86O22/c1-23(2)11-10-16-53(8)31-14-18-52(7)25-12-13-30-50(4,5)33(15-17-51(30,6)26(25)19-32(58)54(31,52)49(66)76-53)72-48-44(34(59)27(57)22-68-48)75-45-38(63)37(62)41(24(3)69-45)73-47-40(65)43(36(61)29(21-56)71-47)74-46-39(64)42(67-9)35(60)28(20-55)70-46/h11,19,24-25,27-48,55-65H,10,12-18,20-22H2,1-9H3/t24-,25-,27-,28-,29-,30+,31-,32+,33+,34+,35-,36-,37-,38-,39-,40-,41-,42+,43+,44-,45+,46+,47+,48+,51-,52+,53+,54-/m1/s1. The van der Waals surface area contributed by atoms with Crippen molar-refractivity contribution in [3.05, 3.63) is 23.3 Å². The number of cyclic esters (lactones) is 1. The van der Waals surface area contributed by atoms with Gasteiger partial charge in [-0.1, -0.05) is 51.0 Å². The molecule has 4 aliphatic carbocycles. The molecule has 11 N–H and O–H groups in total. The van der Waals surface area contributed by atoms with Crippen molar-refractivity contribution in [1.29, 1.82) is 0 Å². The Balaban J connectivity index is 0.874. The highest BCUT2D eigenvalue weighted by Crippen LogP contribution is 2.76. The molecule has 0 aromatic heterocycles. The van der Waals surface area contributed by atoms with E-state index in [1.165, 1.54) is 25.2 Å². The predicted octanol–water partition coefficient (Wildman–Crippen LogP) is -0.417. The van der Waals surface area contributed by atoms with Gasteiger partial charge in [0.1, 0.15) is 96.5 Å². The fourth-order valence-electron chi connectivity index (χ4n) is 16.0. The Morgan fingerprint density at radius 3 is 1.91 bits per heavy atom. The zero-order chi connectivity index (χ0) is 55.4. The van der Waals surface area contributed by atoms with E-state index in [9.17, 15) is 61.0 Å². The fourth-order valence-corrected chi connectivity index (χ4v) is 16.0. The van der Waals surface area contributed by atoms with Gasteiger partial charge in [-0.05, 0) is 107 Å². The van der Waals surface area contributed by atoms with Crippen LogP contribution < -0.4 is 0 Å². The molecule has 0 radical (unpaired) electrons. The Hall–Kier alpha value is -1.85. The van der Waals surface area contributed by atoms with Crippen molar-refractivity contribution in [3.63, 3.8) is 0 Å². The summed E-state index contributed by atoms with van der Waals surface area (Å²) in [6, 6.07) is 0. The number of esters is 1. The predicted molar refractivity (Wildman–Crippen MR) is 262 cm³/mol. The second kappa shape index (κ2) is 21.8. The third-order valence-corrected chi connectivity index (χ3v) is 20.1. The van der Waals surface area contributed by atoms with Crippen LogP contribution in [0.25, 0.3) is 0 Å². The lowest BCUT2D eigenvalue weighted by molar-refractivity contribution is -0.389. The quantitative estimate of drug-likeness (QED) is 0.0598. The van der Waals surface area contributed by atoms with Crippen molar-refractivity contribution in [3.8, 4) is 0 Å². The van der Waals surface area contributed by atoms with Gasteiger partial charge in [-0.15, -0.1) is 0 Å². The van der Waals surface area contributed by atoms with Crippen molar-refractivity contribution in [1.82, 2.24) is 0 Å². The maximum absolute atomic E-state index is 14.4. The van der Waals surface area contributed by atoms with E-state index in [0.29, 0.717) is 19.3 Å². The van der Waals surface area contributed by atoms with Gasteiger partial charge in [-0.3, -0.25) is 4.79 Å². The minimum atomic E-state index is -1.90. The SMILES string of the molecule is CO[C@@H]1[C@@H](O)[C@H](O[C@@H]2[C@@H](O)[C@H](O[C@H]3[C@H](O)[C@@H](O)[C@H](O[C@H]4[C@H](O[C@H]5CC[C@]6(C)C7=C[C@H](O)[C@@]89C(=O)O[C@@](C)(CCC=C(C)C)[C@H]8CC[C@@]9(C)[C@@H]7CC[C@H]6C5(C)C)OC[C@@H](O)[C@@H]4O)O[C@@H]3C)O[C@H](CO)[C@H]2O)O[C@H](CO)[C@H]1O. The molecule has 22 heteroatoms. The van der Waals surface area contributed by atoms with Crippen molar-refractivity contribution < 1.29 is 108 Å². The lowest BCUT2D eigenvalue weighted by atomic mass is 9.40. The van der Waals surface area contributed by atoms with Crippen LogP contribution in [-0.4, -0.2) is 224 Å². The van der Waals surface area contributed by atoms with E-state index >= 15 is 0 Å². The second-order valence-corrected chi connectivity index (χ2v) is 24.9. The van der Waals surface area contributed by atoms with Gasteiger partial charge in [0.05, 0.1) is 38.1 Å². The summed E-state index contributed by atoms with van der Waals surface area (Å²) < 4.78 is 59.8. The lowest BCUT2D eigenvalue weighted by Gasteiger charge is -2.64. The van der Waals surface area contributed by atoms with Gasteiger partial charge < -0.3 is 104 Å². The van der Waals surface area contributed by atoms with Crippen molar-refractivity contribution in [2.24, 2.45) is 39.4 Å². The largest absolute Gasteiger partial charge is 0.458 e. The van der Waals surface area contributed by atoms with Gasteiger partial charge in [-0.2, -0.15) is 0 Å². The average Bonchev–Trinajstić information content (AvgIpc) is 4.07. The van der Waals surface area contributed by atoms with E-state index in [1.54, 1.807) is 0 Å². The second-order valence-electron chi connectivity index (χ2n) is 24.9. The Bertz CT molecular complexity index is 2120. The summed E-state index contributed by atoms with van der Waals surface area (Å²) in [5.41, 5.74) is -0.741. The third kappa shape index (κ3) is 9.40. The molecule has 5 saturated heterocycles. The van der Waals surface area contributed by atoms with Gasteiger partial charge in [0.25, 0.3) is 0 Å². The molecule has 76 heavy (non-hydrogen) atoms. The first-order valence-electron chi connectivity index (χ1n) is 27.4. The van der Waals surface area contributed by atoms with Crippen molar-refractivity contribution in [2.45, 2.75) is 241 Å². The van der Waals surface area contributed by atoms with Crippen LogP contribution in [0.1, 0.15) is 107 Å². The summed E-state index contributed by atoms with van der Waals surface area (Å²) >= 11 is 0. The first-order valence-corrected chi connectivity index (χ1v) is 27.4. The minimum absolute atomic E-state index is 0.0512. The van der Waals surface area contributed by atoms with Crippen LogP contribution in [0.5, 0.6) is 0 Å². The molecule has 9 aliphatic rings. The molecule has 5 heterocycles. The number of aliphatic hydroxyl groups is 11. The summed E-state index contributed by atoms with van der Waals surface area (Å²) in [7, 11) is 1.21. The van der Waals surface area contributed by atoms with Crippen LogP contribution in [0.2, 0.25) is 0 Å². The van der Waals surface area contributed by atoms with Gasteiger partial charge in [0, 0.05) is 13.0 Å². The van der Waals surface area contributed by atoms with Crippen LogP contribution in [0.15, 0.2) is 23.3 Å². The molecular formula is C54H86O22. The number of allylic oxidation sites excluding steroid dienone is 3. The zero-order valence-corrected chi connectivity index (χ0v) is 45.2. The first-order chi connectivity index (χ1) is 35.7. The molecule has 3 saturated carbocycles. The van der Waals surface area contributed by atoms with Gasteiger partial charge in [0.15, 0.2) is 25.2 Å². The number of carbonyl (C=O) groups excluding carboxylic acids is 1. The Morgan fingerprint density at radius 2 is 1.28 bits per heavy atom. The molecule has 28 atom stereocenters. The Kier molecular flexibility index (Phi) is 16.9. The average molecular weight is 1090 g/mol. The highest BCUT2D eigenvalue weighted by Gasteiger charge is 2.79. The maximum atomic E-state index is 14.4. The molecule has 0 aromatic rings. The monoisotopic (exact) mass is 1090 g/mol. The summed E-state index contributed by atoms with van der Waals surface area (Å²) in [4.78, 5) is 14.4. The van der Waals surface area contributed by atoms with Gasteiger partial charge >= 0.3 is 5.97 Å². The van der Waals surface area contributed by atoms with Crippen LogP contribution in [0, 0.1) is 39.4 Å². The molecule has 8 fully saturated rings. The van der Waals surface area contributed by atoms with Crippen LogP contribution in [0.3, 0.4) is 0 Å². The summed E-state index contributed by atoms with van der Waals surface area (Å²) in [5, 5.41) is 122. The maximum Gasteiger partial charge on any atom is 0.316 e. The van der Waals surface area contributed by atoms with Crippen LogP contribution >= 0.6 is 0 Å². The Morgan fingerprint density at radius 1 is 0.671 bits per heavy atom. The molecule has 1 spiro atoms. The number of carbonyl (C=O) groups is 1. The number of hydrogen-bond acceptors (Lipinski definition) is 22. The van der Waals surface area contributed by atoms with Crippen molar-refractivity contribution in [2.75, 3.05) is 26.9 Å². The van der Waals surface area contributed by atoms with Gasteiger partial charge in [0.2, 0.25) is 0 Å². The number of ether oxygens (including phenoxy) is 10. The summed E-state index contributed by atoms with van der Waals surface area (Å²) in [6.07, 6.45) is -21.1. The zero-order valence-electron chi connectivity index (χ0n) is 45.2. The molecule has 0 unspecified atom stereocenters. The highest BCUT2D eigenvalue weighted by atomic mass is 16.8. The molecule has 9 rings (SSSR count).